The minimum absolute atomic E-state index is 0.0824. The molecule has 0 spiro atoms. The van der Waals surface area contributed by atoms with Crippen LogP contribution in [-0.2, 0) is 14.2 Å². The fraction of sp³-hybridized carbons (Fsp3) is 0.261. The molecule has 1 unspecified atom stereocenters. The van der Waals surface area contributed by atoms with E-state index >= 15 is 0 Å². The van der Waals surface area contributed by atoms with Crippen LogP contribution in [0.25, 0.3) is 21.4 Å². The third-order valence-electron chi connectivity index (χ3n) is 5.11. The Balaban J connectivity index is 1.75. The zero-order valence-corrected chi connectivity index (χ0v) is 18.0. The lowest BCUT2D eigenvalue weighted by Crippen LogP contribution is -2.11. The topological polar surface area (TPSA) is 67.1 Å². The Morgan fingerprint density at radius 3 is 2.50 bits per heavy atom. The number of hydrogen-bond acceptors (Lipinski definition) is 7. The maximum Gasteiger partial charge on any atom is 0.336 e. The summed E-state index contributed by atoms with van der Waals surface area (Å²) < 4.78 is 27.1. The zero-order valence-electron chi connectivity index (χ0n) is 17.2. The van der Waals surface area contributed by atoms with E-state index in [-0.39, 0.29) is 5.92 Å². The van der Waals surface area contributed by atoms with Crippen molar-refractivity contribution >= 4 is 22.3 Å². The molecule has 1 aromatic carbocycles. The van der Waals surface area contributed by atoms with Crippen LogP contribution >= 0.6 is 11.3 Å². The molecule has 0 aliphatic heterocycles. The number of benzene rings is 1. The second-order valence-corrected chi connectivity index (χ2v) is 7.86. The Morgan fingerprint density at radius 2 is 1.80 bits per heavy atom. The molecule has 2 aromatic heterocycles. The van der Waals surface area contributed by atoms with Crippen molar-refractivity contribution < 1.29 is 23.4 Å². The van der Waals surface area contributed by atoms with Gasteiger partial charge in [0.2, 0.25) is 0 Å². The van der Waals surface area contributed by atoms with Crippen molar-refractivity contribution in [2.24, 2.45) is 0 Å². The van der Waals surface area contributed by atoms with Gasteiger partial charge in [-0.3, -0.25) is 0 Å². The standard InChI is InChI=1S/C23H22O6S/c1-25-14-5-6-15-16(12-22(24)29-17(15)11-14)21-8-7-20(30-21)13-9-18(26-2)23(28-4)19(10-13)27-3/h5-9,11-13H,10H2,1-4H3. The van der Waals surface area contributed by atoms with E-state index in [1.807, 2.05) is 24.3 Å². The maximum atomic E-state index is 12.2. The molecule has 0 saturated carbocycles. The normalized spacial score (nSPS) is 16.4. The predicted molar refractivity (Wildman–Crippen MR) is 116 cm³/mol. The van der Waals surface area contributed by atoms with E-state index < -0.39 is 5.63 Å². The number of thiophene rings is 1. The van der Waals surface area contributed by atoms with Gasteiger partial charge in [0, 0.05) is 45.2 Å². The molecule has 0 N–H and O–H groups in total. The van der Waals surface area contributed by atoms with Crippen LogP contribution in [0.15, 0.2) is 69.0 Å². The second kappa shape index (κ2) is 8.28. The first-order valence-corrected chi connectivity index (χ1v) is 10.2. The molecule has 0 amide bonds. The van der Waals surface area contributed by atoms with Crippen LogP contribution < -0.4 is 10.4 Å². The third-order valence-corrected chi connectivity index (χ3v) is 6.37. The lowest BCUT2D eigenvalue weighted by atomic mass is 9.95. The number of rotatable bonds is 6. The molecule has 30 heavy (non-hydrogen) atoms. The Kier molecular flexibility index (Phi) is 5.55. The van der Waals surface area contributed by atoms with Crippen molar-refractivity contribution in [2.75, 3.05) is 28.4 Å². The molecule has 0 saturated heterocycles. The summed E-state index contributed by atoms with van der Waals surface area (Å²) in [6.45, 7) is 0. The van der Waals surface area contributed by atoms with E-state index in [9.17, 15) is 4.79 Å². The molecule has 1 atom stereocenters. The van der Waals surface area contributed by atoms with Gasteiger partial charge in [0.05, 0.1) is 28.4 Å². The molecular weight excluding hydrogens is 404 g/mol. The molecule has 0 radical (unpaired) electrons. The Bertz CT molecular complexity index is 1200. The molecule has 4 rings (SSSR count). The van der Waals surface area contributed by atoms with Gasteiger partial charge in [0.15, 0.2) is 11.5 Å². The molecule has 1 aliphatic carbocycles. The Morgan fingerprint density at radius 1 is 0.967 bits per heavy atom. The summed E-state index contributed by atoms with van der Waals surface area (Å²) in [5.41, 5.74) is 0.946. The van der Waals surface area contributed by atoms with E-state index in [0.29, 0.717) is 29.3 Å². The highest BCUT2D eigenvalue weighted by molar-refractivity contribution is 7.15. The lowest BCUT2D eigenvalue weighted by Gasteiger charge is -2.23. The molecule has 7 heteroatoms. The van der Waals surface area contributed by atoms with Crippen LogP contribution in [-0.4, -0.2) is 28.4 Å². The largest absolute Gasteiger partial charge is 0.497 e. The van der Waals surface area contributed by atoms with Gasteiger partial charge in [-0.15, -0.1) is 11.3 Å². The Labute approximate surface area is 177 Å². The average Bonchev–Trinajstić information content (AvgIpc) is 3.27. The van der Waals surface area contributed by atoms with Gasteiger partial charge in [0.25, 0.3) is 0 Å². The van der Waals surface area contributed by atoms with Gasteiger partial charge < -0.3 is 23.4 Å². The first-order chi connectivity index (χ1) is 14.6. The number of ether oxygens (including phenoxy) is 4. The summed E-state index contributed by atoms with van der Waals surface area (Å²) in [5.74, 6) is 2.74. The van der Waals surface area contributed by atoms with E-state index in [1.165, 1.54) is 6.07 Å². The predicted octanol–water partition coefficient (Wildman–Crippen LogP) is 5.05. The van der Waals surface area contributed by atoms with E-state index in [2.05, 4.69) is 6.07 Å². The van der Waals surface area contributed by atoms with Crippen LogP contribution in [0.1, 0.15) is 17.2 Å². The summed E-state index contributed by atoms with van der Waals surface area (Å²) in [5, 5.41) is 0.861. The molecule has 0 bridgehead atoms. The van der Waals surface area contributed by atoms with Gasteiger partial charge in [-0.2, -0.15) is 0 Å². The molecular formula is C23H22O6S. The highest BCUT2D eigenvalue weighted by atomic mass is 32.1. The molecule has 6 nitrogen and oxygen atoms in total. The van der Waals surface area contributed by atoms with Crippen molar-refractivity contribution in [3.05, 3.63) is 75.0 Å². The van der Waals surface area contributed by atoms with Crippen molar-refractivity contribution in [1.29, 1.82) is 0 Å². The highest BCUT2D eigenvalue weighted by Gasteiger charge is 2.27. The van der Waals surface area contributed by atoms with Gasteiger partial charge >= 0.3 is 5.63 Å². The number of fused-ring (bicyclic) bond motifs is 1. The summed E-state index contributed by atoms with van der Waals surface area (Å²) >= 11 is 1.63. The van der Waals surface area contributed by atoms with Gasteiger partial charge in [-0.05, 0) is 30.3 Å². The van der Waals surface area contributed by atoms with Crippen molar-refractivity contribution in [1.82, 2.24) is 0 Å². The molecule has 0 fully saturated rings. The van der Waals surface area contributed by atoms with E-state index in [0.717, 1.165) is 26.5 Å². The smallest absolute Gasteiger partial charge is 0.336 e. The van der Waals surface area contributed by atoms with Crippen molar-refractivity contribution in [2.45, 2.75) is 12.3 Å². The molecule has 2 heterocycles. The first-order valence-electron chi connectivity index (χ1n) is 9.37. The van der Waals surface area contributed by atoms with Crippen LogP contribution in [0.5, 0.6) is 5.75 Å². The minimum Gasteiger partial charge on any atom is -0.497 e. The monoisotopic (exact) mass is 426 g/mol. The van der Waals surface area contributed by atoms with Gasteiger partial charge in [-0.25, -0.2) is 4.79 Å². The summed E-state index contributed by atoms with van der Waals surface area (Å²) in [6, 6.07) is 11.1. The Hall–Kier alpha value is -3.19. The second-order valence-electron chi connectivity index (χ2n) is 6.75. The summed E-state index contributed by atoms with van der Waals surface area (Å²) in [6.07, 6.45) is 2.71. The molecule has 156 valence electrons. The lowest BCUT2D eigenvalue weighted by molar-refractivity contribution is 0.171. The zero-order chi connectivity index (χ0) is 21.3. The highest BCUT2D eigenvalue weighted by Crippen LogP contribution is 2.41. The van der Waals surface area contributed by atoms with Gasteiger partial charge in [0.1, 0.15) is 17.1 Å². The molecule has 3 aromatic rings. The average molecular weight is 426 g/mol. The SMILES string of the molecule is COC1=CC(c2ccc(-c3cc(=O)oc4cc(OC)ccc34)s2)CC(OC)=C1OC. The quantitative estimate of drug-likeness (QED) is 0.514. The van der Waals surface area contributed by atoms with E-state index in [1.54, 1.807) is 45.8 Å². The maximum absolute atomic E-state index is 12.2. The van der Waals surface area contributed by atoms with E-state index in [4.69, 9.17) is 23.4 Å². The fourth-order valence-electron chi connectivity index (χ4n) is 3.65. The van der Waals surface area contributed by atoms with Crippen LogP contribution in [0, 0.1) is 0 Å². The van der Waals surface area contributed by atoms with Crippen LogP contribution in [0.3, 0.4) is 0 Å². The molecule has 1 aliphatic rings. The van der Waals surface area contributed by atoms with Crippen molar-refractivity contribution in [3.63, 3.8) is 0 Å². The fourth-order valence-corrected chi connectivity index (χ4v) is 4.76. The minimum atomic E-state index is -0.394. The van der Waals surface area contributed by atoms with Crippen molar-refractivity contribution in [3.8, 4) is 16.2 Å². The number of allylic oxidation sites excluding steroid dienone is 2. The number of methoxy groups -OCH3 is 4. The number of hydrogen-bond donors (Lipinski definition) is 0. The summed E-state index contributed by atoms with van der Waals surface area (Å²) in [7, 11) is 6.43. The van der Waals surface area contributed by atoms with Crippen LogP contribution in [0.2, 0.25) is 0 Å². The summed E-state index contributed by atoms with van der Waals surface area (Å²) in [4.78, 5) is 14.3. The third kappa shape index (κ3) is 3.57. The first kappa shape index (κ1) is 20.1. The van der Waals surface area contributed by atoms with Gasteiger partial charge in [-0.1, -0.05) is 0 Å². The van der Waals surface area contributed by atoms with Crippen LogP contribution in [0.4, 0.5) is 0 Å².